The van der Waals surface area contributed by atoms with E-state index in [1.807, 2.05) is 0 Å². The molecule has 0 saturated heterocycles. The van der Waals surface area contributed by atoms with E-state index in [4.69, 9.17) is 0 Å². The molecule has 21 heavy (non-hydrogen) atoms. The number of nitrogens with zero attached hydrogens (tertiary/aromatic N) is 1. The normalized spacial score (nSPS) is 11.4. The first-order chi connectivity index (χ1) is 9.97. The molecule has 1 heteroatoms. The van der Waals surface area contributed by atoms with Gasteiger partial charge in [-0.3, -0.25) is 0 Å². The van der Waals surface area contributed by atoms with Gasteiger partial charge >= 0.3 is 0 Å². The van der Waals surface area contributed by atoms with Crippen LogP contribution in [-0.2, 0) is 0 Å². The Bertz CT molecular complexity index is 146. The zero-order valence-corrected chi connectivity index (χ0v) is 16.4. The van der Waals surface area contributed by atoms with Crippen molar-refractivity contribution in [3.63, 3.8) is 0 Å². The molecule has 0 aliphatic heterocycles. The second-order valence-electron chi connectivity index (χ2n) is 7.15. The van der Waals surface area contributed by atoms with Gasteiger partial charge in [0.1, 0.15) is 0 Å². The van der Waals surface area contributed by atoms with Crippen LogP contribution in [0.15, 0.2) is 0 Å². The first kappa shape index (κ1) is 23.2. The van der Waals surface area contributed by atoms with Crippen molar-refractivity contribution in [3.8, 4) is 0 Å². The SMILES string of the molecule is CCCC[N+](CCCC)(CCCC)CCCC.C[C](C)C. The van der Waals surface area contributed by atoms with Gasteiger partial charge < -0.3 is 4.48 Å². The zero-order chi connectivity index (χ0) is 16.6. The minimum Gasteiger partial charge on any atom is -0.324 e. The first-order valence-corrected chi connectivity index (χ1v) is 9.59. The molecule has 1 nitrogen and oxygen atoms in total. The fraction of sp³-hybridized carbons (Fsp3) is 0.950. The summed E-state index contributed by atoms with van der Waals surface area (Å²) in [5.41, 5.74) is 0. The molecule has 0 fully saturated rings. The lowest BCUT2D eigenvalue weighted by Crippen LogP contribution is -2.50. The Kier molecular flexibility index (Phi) is 18.1. The van der Waals surface area contributed by atoms with Crippen molar-refractivity contribution >= 4 is 0 Å². The Balaban J connectivity index is 0. The molecular weight excluding hydrogens is 254 g/mol. The molecule has 0 saturated carbocycles. The molecule has 129 valence electrons. The molecule has 0 atom stereocenters. The summed E-state index contributed by atoms with van der Waals surface area (Å²) in [6.07, 6.45) is 11.1. The standard InChI is InChI=1S/C16H36N.C4H9/c1-5-9-13-17(14-10-6-2,15-11-7-3)16-12-8-4;1-4(2)3/h5-16H2,1-4H3;1-3H3/q+1;. The van der Waals surface area contributed by atoms with Crippen LogP contribution < -0.4 is 0 Å². The average molecular weight is 300 g/mol. The molecule has 1 radical (unpaired) electrons. The van der Waals surface area contributed by atoms with Crippen molar-refractivity contribution < 1.29 is 4.48 Å². The predicted octanol–water partition coefficient (Wildman–Crippen LogP) is 6.62. The minimum absolute atomic E-state index is 1.35. The van der Waals surface area contributed by atoms with Crippen LogP contribution in [0.5, 0.6) is 0 Å². The maximum atomic E-state index is 2.33. The molecule has 0 aliphatic carbocycles. The van der Waals surface area contributed by atoms with E-state index in [0.29, 0.717) is 0 Å². The number of hydrogen-bond donors (Lipinski definition) is 0. The second-order valence-corrected chi connectivity index (χ2v) is 7.15. The van der Waals surface area contributed by atoms with Crippen LogP contribution >= 0.6 is 0 Å². The van der Waals surface area contributed by atoms with E-state index < -0.39 is 0 Å². The maximum Gasteiger partial charge on any atom is 0.0786 e. The summed E-state index contributed by atoms with van der Waals surface area (Å²) >= 11 is 0. The van der Waals surface area contributed by atoms with Gasteiger partial charge in [-0.15, -0.1) is 0 Å². The van der Waals surface area contributed by atoms with Crippen molar-refractivity contribution in [1.82, 2.24) is 0 Å². The van der Waals surface area contributed by atoms with Gasteiger partial charge in [0.05, 0.1) is 26.2 Å². The lowest BCUT2D eigenvalue weighted by molar-refractivity contribution is -0.929. The Labute approximate surface area is 137 Å². The quantitative estimate of drug-likeness (QED) is 0.355. The van der Waals surface area contributed by atoms with Crippen molar-refractivity contribution in [3.05, 3.63) is 5.92 Å². The largest absolute Gasteiger partial charge is 0.324 e. The third-order valence-corrected chi connectivity index (χ3v) is 3.94. The fourth-order valence-corrected chi connectivity index (χ4v) is 2.64. The smallest absolute Gasteiger partial charge is 0.0786 e. The van der Waals surface area contributed by atoms with E-state index in [9.17, 15) is 0 Å². The minimum atomic E-state index is 1.35. The summed E-state index contributed by atoms with van der Waals surface area (Å²) in [6.45, 7) is 21.3. The summed E-state index contributed by atoms with van der Waals surface area (Å²) in [7, 11) is 0. The molecule has 0 aliphatic rings. The number of hydrogen-bond acceptors (Lipinski definition) is 0. The van der Waals surface area contributed by atoms with Crippen LogP contribution in [0.4, 0.5) is 0 Å². The van der Waals surface area contributed by atoms with Crippen molar-refractivity contribution in [2.75, 3.05) is 26.2 Å². The van der Waals surface area contributed by atoms with Gasteiger partial charge in [-0.25, -0.2) is 0 Å². The van der Waals surface area contributed by atoms with Crippen LogP contribution in [0, 0.1) is 5.92 Å². The number of rotatable bonds is 12. The molecule has 0 aromatic heterocycles. The molecule has 0 heterocycles. The van der Waals surface area contributed by atoms with Crippen molar-refractivity contribution in [2.24, 2.45) is 0 Å². The van der Waals surface area contributed by atoms with E-state index in [1.165, 1.54) is 87.9 Å². The Morgan fingerprint density at radius 2 is 0.714 bits per heavy atom. The second kappa shape index (κ2) is 16.3. The molecule has 0 bridgehead atoms. The molecule has 0 N–H and O–H groups in total. The van der Waals surface area contributed by atoms with Crippen LogP contribution in [0.25, 0.3) is 0 Å². The molecule has 0 aromatic carbocycles. The lowest BCUT2D eigenvalue weighted by atomic mass is 10.1. The summed E-state index contributed by atoms with van der Waals surface area (Å²) in [5.74, 6) is 1.42. The summed E-state index contributed by atoms with van der Waals surface area (Å²) in [5, 5.41) is 0. The molecule has 0 rings (SSSR count). The van der Waals surface area contributed by atoms with Crippen LogP contribution in [0.2, 0.25) is 0 Å². The summed E-state index contributed by atoms with van der Waals surface area (Å²) in [4.78, 5) is 0. The van der Waals surface area contributed by atoms with Gasteiger partial charge in [0, 0.05) is 0 Å². The third-order valence-electron chi connectivity index (χ3n) is 3.94. The van der Waals surface area contributed by atoms with Crippen molar-refractivity contribution in [2.45, 2.75) is 99.8 Å². The van der Waals surface area contributed by atoms with Gasteiger partial charge in [0.15, 0.2) is 0 Å². The van der Waals surface area contributed by atoms with E-state index in [1.54, 1.807) is 0 Å². The van der Waals surface area contributed by atoms with Crippen LogP contribution in [0.3, 0.4) is 0 Å². The van der Waals surface area contributed by atoms with Crippen LogP contribution in [0.1, 0.15) is 99.8 Å². The highest BCUT2D eigenvalue weighted by atomic mass is 15.3. The van der Waals surface area contributed by atoms with Crippen molar-refractivity contribution in [1.29, 1.82) is 0 Å². The molecule has 0 aromatic rings. The van der Waals surface area contributed by atoms with E-state index in [2.05, 4.69) is 48.5 Å². The van der Waals surface area contributed by atoms with Gasteiger partial charge in [0.25, 0.3) is 0 Å². The Morgan fingerprint density at radius 3 is 0.857 bits per heavy atom. The fourth-order valence-electron chi connectivity index (χ4n) is 2.64. The van der Waals surface area contributed by atoms with Crippen LogP contribution in [-0.4, -0.2) is 30.7 Å². The summed E-state index contributed by atoms with van der Waals surface area (Å²) < 4.78 is 1.42. The van der Waals surface area contributed by atoms with Gasteiger partial charge in [-0.1, -0.05) is 74.1 Å². The third kappa shape index (κ3) is 16.2. The molecular formula is C20H45N+. The van der Waals surface area contributed by atoms with Gasteiger partial charge in [-0.2, -0.15) is 0 Å². The Hall–Kier alpha value is -0.0400. The average Bonchev–Trinajstić information content (AvgIpc) is 2.45. The zero-order valence-electron chi connectivity index (χ0n) is 16.4. The molecule has 0 amide bonds. The number of quaternary nitrogens is 1. The highest BCUT2D eigenvalue weighted by Gasteiger charge is 2.24. The lowest BCUT2D eigenvalue weighted by Gasteiger charge is -2.39. The molecule has 0 spiro atoms. The Morgan fingerprint density at radius 1 is 0.524 bits per heavy atom. The van der Waals surface area contributed by atoms with E-state index in [0.717, 1.165) is 0 Å². The number of unbranched alkanes of at least 4 members (excludes halogenated alkanes) is 4. The van der Waals surface area contributed by atoms with Gasteiger partial charge in [-0.05, 0) is 31.6 Å². The molecule has 0 unspecified atom stereocenters. The van der Waals surface area contributed by atoms with E-state index >= 15 is 0 Å². The highest BCUT2D eigenvalue weighted by Crippen LogP contribution is 2.16. The monoisotopic (exact) mass is 299 g/mol. The summed E-state index contributed by atoms with van der Waals surface area (Å²) in [6, 6.07) is 0. The highest BCUT2D eigenvalue weighted by molar-refractivity contribution is 4.65. The van der Waals surface area contributed by atoms with E-state index in [-0.39, 0.29) is 0 Å². The topological polar surface area (TPSA) is 0 Å². The predicted molar refractivity (Wildman–Crippen MR) is 99.6 cm³/mol. The maximum absolute atomic E-state index is 2.33. The first-order valence-electron chi connectivity index (χ1n) is 9.59. The van der Waals surface area contributed by atoms with Gasteiger partial charge in [0.2, 0.25) is 0 Å².